The van der Waals surface area contributed by atoms with E-state index < -0.39 is 11.9 Å². The normalized spacial score (nSPS) is 27.7. The summed E-state index contributed by atoms with van der Waals surface area (Å²) >= 11 is 3.87. The van der Waals surface area contributed by atoms with Gasteiger partial charge >= 0.3 is 6.16 Å². The molecule has 0 bridgehead atoms. The Hall–Kier alpha value is -0.680. The van der Waals surface area contributed by atoms with Crippen LogP contribution in [0.5, 0.6) is 0 Å². The predicted molar refractivity (Wildman–Crippen MR) is 49.5 cm³/mol. The highest BCUT2D eigenvalue weighted by atomic mass is 32.1. The molecular formula is C8H12O4S. The van der Waals surface area contributed by atoms with Crippen LogP contribution in [0, 0.1) is 0 Å². The highest BCUT2D eigenvalue weighted by Crippen LogP contribution is 2.25. The third-order valence-corrected chi connectivity index (χ3v) is 1.98. The van der Waals surface area contributed by atoms with Crippen molar-refractivity contribution in [2.75, 3.05) is 13.2 Å². The Morgan fingerprint density at radius 3 is 3.00 bits per heavy atom. The maximum atomic E-state index is 10.7. The van der Waals surface area contributed by atoms with Gasteiger partial charge in [-0.25, -0.2) is 4.79 Å². The van der Waals surface area contributed by atoms with E-state index in [2.05, 4.69) is 17.4 Å². The molecule has 0 N–H and O–H groups in total. The molecule has 1 aliphatic heterocycles. The Labute approximate surface area is 82.3 Å². The first-order chi connectivity index (χ1) is 6.22. The van der Waals surface area contributed by atoms with Crippen LogP contribution >= 0.6 is 12.6 Å². The minimum absolute atomic E-state index is 0.156. The summed E-state index contributed by atoms with van der Waals surface area (Å²) in [5, 5.41) is 1.57. The lowest BCUT2D eigenvalue weighted by atomic mass is 10.2. The van der Waals surface area contributed by atoms with Gasteiger partial charge < -0.3 is 14.2 Å². The maximum absolute atomic E-state index is 10.7. The topological polar surface area (TPSA) is 44.8 Å². The van der Waals surface area contributed by atoms with Crippen LogP contribution < -0.4 is 0 Å². The molecule has 1 rings (SSSR count). The quantitative estimate of drug-likeness (QED) is 0.559. The smallest absolute Gasteiger partial charge is 0.427 e. The van der Waals surface area contributed by atoms with Gasteiger partial charge in [-0.15, -0.1) is 0 Å². The summed E-state index contributed by atoms with van der Waals surface area (Å²) in [7, 11) is 0. The van der Waals surface area contributed by atoms with E-state index in [-0.39, 0.29) is 6.61 Å². The Morgan fingerprint density at radius 2 is 2.54 bits per heavy atom. The van der Waals surface area contributed by atoms with E-state index in [1.54, 1.807) is 11.5 Å². The van der Waals surface area contributed by atoms with Crippen LogP contribution in [-0.2, 0) is 14.2 Å². The molecule has 0 aromatic rings. The maximum Gasteiger partial charge on any atom is 0.511 e. The summed E-state index contributed by atoms with van der Waals surface area (Å²) in [6.45, 7) is 2.38. The van der Waals surface area contributed by atoms with Crippen molar-refractivity contribution >= 4 is 18.8 Å². The molecule has 1 atom stereocenters. The summed E-state index contributed by atoms with van der Waals surface area (Å²) < 4.78 is 14.9. The standard InChI is InChI=1S/C8H12O4S/c1-2-8(11-4-3-5-13)6-10-7(9)12-8/h3,5,13H,2,4,6H2,1H3/b5-3-. The molecule has 1 heterocycles. The van der Waals surface area contributed by atoms with Gasteiger partial charge in [0.2, 0.25) is 0 Å². The third-order valence-electron chi connectivity index (χ3n) is 1.77. The van der Waals surface area contributed by atoms with Crippen molar-refractivity contribution in [3.05, 3.63) is 11.5 Å². The zero-order valence-electron chi connectivity index (χ0n) is 7.36. The first kappa shape index (κ1) is 10.4. The van der Waals surface area contributed by atoms with E-state index >= 15 is 0 Å². The zero-order valence-corrected chi connectivity index (χ0v) is 8.25. The number of rotatable bonds is 4. The summed E-state index contributed by atoms with van der Waals surface area (Å²) in [5.41, 5.74) is 0. The van der Waals surface area contributed by atoms with Crippen LogP contribution in [0.1, 0.15) is 13.3 Å². The van der Waals surface area contributed by atoms with Crippen molar-refractivity contribution in [1.29, 1.82) is 0 Å². The largest absolute Gasteiger partial charge is 0.511 e. The molecule has 0 saturated carbocycles. The molecule has 1 saturated heterocycles. The molecule has 0 aromatic heterocycles. The second-order valence-corrected chi connectivity index (χ2v) is 2.90. The first-order valence-electron chi connectivity index (χ1n) is 4.01. The van der Waals surface area contributed by atoms with Crippen LogP contribution in [0.4, 0.5) is 4.79 Å². The SMILES string of the molecule is CCC1(OC/C=C\S)COC(=O)O1. The highest BCUT2D eigenvalue weighted by Gasteiger charge is 2.41. The molecule has 0 aromatic carbocycles. The minimum Gasteiger partial charge on any atom is -0.427 e. The summed E-state index contributed by atoms with van der Waals surface area (Å²) in [6.07, 6.45) is 1.61. The number of hydrogen-bond donors (Lipinski definition) is 1. The lowest BCUT2D eigenvalue weighted by Gasteiger charge is -2.22. The molecule has 0 spiro atoms. The molecule has 1 fully saturated rings. The van der Waals surface area contributed by atoms with Gasteiger partial charge in [0, 0.05) is 6.42 Å². The molecule has 0 aliphatic carbocycles. The molecular weight excluding hydrogens is 192 g/mol. The number of ether oxygens (including phenoxy) is 3. The van der Waals surface area contributed by atoms with Gasteiger partial charge in [-0.05, 0) is 5.41 Å². The van der Waals surface area contributed by atoms with E-state index in [4.69, 9.17) is 9.47 Å². The average molecular weight is 204 g/mol. The van der Waals surface area contributed by atoms with Crippen LogP contribution in [-0.4, -0.2) is 25.2 Å². The minimum atomic E-state index is -0.898. The second kappa shape index (κ2) is 4.53. The highest BCUT2D eigenvalue weighted by molar-refractivity contribution is 7.83. The van der Waals surface area contributed by atoms with E-state index in [9.17, 15) is 4.79 Å². The summed E-state index contributed by atoms with van der Waals surface area (Å²) in [5.74, 6) is -0.898. The van der Waals surface area contributed by atoms with Gasteiger partial charge in [0.15, 0.2) is 6.61 Å². The number of carbonyl (C=O) groups excluding carboxylic acids is 1. The van der Waals surface area contributed by atoms with Crippen molar-refractivity contribution in [2.24, 2.45) is 0 Å². The lowest BCUT2D eigenvalue weighted by molar-refractivity contribution is -0.173. The zero-order chi connectivity index (χ0) is 9.73. The van der Waals surface area contributed by atoms with Crippen molar-refractivity contribution in [3.8, 4) is 0 Å². The molecule has 1 aliphatic rings. The number of cyclic esters (lactones) is 2. The molecule has 1 unspecified atom stereocenters. The summed E-state index contributed by atoms with van der Waals surface area (Å²) in [4.78, 5) is 10.7. The Bertz CT molecular complexity index is 216. The van der Waals surface area contributed by atoms with Crippen LogP contribution in [0.2, 0.25) is 0 Å². The number of carbonyl (C=O) groups is 1. The molecule has 13 heavy (non-hydrogen) atoms. The van der Waals surface area contributed by atoms with Gasteiger partial charge in [0.25, 0.3) is 5.79 Å². The van der Waals surface area contributed by atoms with Gasteiger partial charge in [-0.2, -0.15) is 12.6 Å². The fourth-order valence-corrected chi connectivity index (χ4v) is 1.06. The molecule has 74 valence electrons. The molecule has 0 radical (unpaired) electrons. The van der Waals surface area contributed by atoms with Gasteiger partial charge in [-0.3, -0.25) is 0 Å². The first-order valence-corrected chi connectivity index (χ1v) is 4.53. The Morgan fingerprint density at radius 1 is 1.77 bits per heavy atom. The van der Waals surface area contributed by atoms with Crippen molar-refractivity contribution in [3.63, 3.8) is 0 Å². The lowest BCUT2D eigenvalue weighted by Crippen LogP contribution is -2.34. The van der Waals surface area contributed by atoms with Crippen molar-refractivity contribution in [2.45, 2.75) is 19.1 Å². The second-order valence-electron chi connectivity index (χ2n) is 2.60. The summed E-state index contributed by atoms with van der Waals surface area (Å²) in [6, 6.07) is 0. The monoisotopic (exact) mass is 204 g/mol. The van der Waals surface area contributed by atoms with E-state index in [0.29, 0.717) is 13.0 Å². The Balaban J connectivity index is 2.45. The van der Waals surface area contributed by atoms with Crippen molar-refractivity contribution in [1.82, 2.24) is 0 Å². The van der Waals surface area contributed by atoms with E-state index in [1.165, 1.54) is 0 Å². The fourth-order valence-electron chi connectivity index (χ4n) is 0.970. The third kappa shape index (κ3) is 2.63. The number of hydrogen-bond acceptors (Lipinski definition) is 5. The predicted octanol–water partition coefficient (Wildman–Crippen LogP) is 1.72. The van der Waals surface area contributed by atoms with Gasteiger partial charge in [0.1, 0.15) is 0 Å². The van der Waals surface area contributed by atoms with E-state index in [1.807, 2.05) is 6.92 Å². The van der Waals surface area contributed by atoms with Crippen LogP contribution in [0.15, 0.2) is 11.5 Å². The molecule has 4 nitrogen and oxygen atoms in total. The van der Waals surface area contributed by atoms with E-state index in [0.717, 1.165) is 0 Å². The van der Waals surface area contributed by atoms with Gasteiger partial charge in [-0.1, -0.05) is 13.0 Å². The van der Waals surface area contributed by atoms with Crippen LogP contribution in [0.3, 0.4) is 0 Å². The Kier molecular flexibility index (Phi) is 3.62. The number of thiol groups is 1. The fraction of sp³-hybridized carbons (Fsp3) is 0.625. The average Bonchev–Trinajstić information content (AvgIpc) is 2.49. The molecule has 5 heteroatoms. The van der Waals surface area contributed by atoms with Crippen molar-refractivity contribution < 1.29 is 19.0 Å². The van der Waals surface area contributed by atoms with Crippen LogP contribution in [0.25, 0.3) is 0 Å². The van der Waals surface area contributed by atoms with Gasteiger partial charge in [0.05, 0.1) is 6.61 Å². The molecule has 0 amide bonds.